The van der Waals surface area contributed by atoms with Crippen LogP contribution in [0.15, 0.2) is 72.3 Å². The van der Waals surface area contributed by atoms with Crippen molar-refractivity contribution in [2.75, 3.05) is 9.80 Å². The minimum Gasteiger partial charge on any atom is -0.508 e. The predicted octanol–water partition coefficient (Wildman–Crippen LogP) is 7.46. The van der Waals surface area contributed by atoms with Crippen LogP contribution in [0.5, 0.6) is 11.5 Å². The first kappa shape index (κ1) is 36.2. The number of thiophene rings is 1. The van der Waals surface area contributed by atoms with Gasteiger partial charge in [-0.3, -0.25) is 23.9 Å². The van der Waals surface area contributed by atoms with Crippen molar-refractivity contribution in [2.24, 2.45) is 36.1 Å². The van der Waals surface area contributed by atoms with Gasteiger partial charge in [0.25, 0.3) is 0 Å². The van der Waals surface area contributed by atoms with Gasteiger partial charge in [-0.25, -0.2) is 14.6 Å². The van der Waals surface area contributed by atoms with Gasteiger partial charge in [-0.15, -0.1) is 11.3 Å². The van der Waals surface area contributed by atoms with Gasteiger partial charge in [-0.2, -0.15) is 5.10 Å². The maximum absolute atomic E-state index is 15.1. The number of aromatic hydroxyl groups is 2. The van der Waals surface area contributed by atoms with Crippen molar-refractivity contribution in [2.45, 2.75) is 32.6 Å². The summed E-state index contributed by atoms with van der Waals surface area (Å²) in [4.78, 5) is 72.9. The highest BCUT2D eigenvalue weighted by Gasteiger charge is 2.68. The Kier molecular flexibility index (Phi) is 8.07. The number of carbonyl (C=O) groups is 5. The molecular weight excluding hydrogens is 779 g/mol. The first-order valence-electron chi connectivity index (χ1n) is 17.9. The standard InChI is InChI=1S/C41H32Cl2N4O8S/c1-17-24-12-19(43)5-11-31(24)56-35(17)28-16-32(45(3)44-28)47-37(51)27-15-25-21(34(41(27,2)40(47)55)26-13-18(42)4-10-29(26)48)8-9-23-33(25)38(52)46(36(23)50)20-6-7-22(39(53)54)30(49)14-20/h4-8,10-14,16,23,25,27,33-34,48-49H,9,15H2,1-3H3,(H,53,54)/t23-,25+,27-,33-,34+,41+/m0/s1. The van der Waals surface area contributed by atoms with E-state index in [0.717, 1.165) is 42.5 Å². The van der Waals surface area contributed by atoms with E-state index >= 15 is 4.79 Å². The normalized spacial score (nSPS) is 25.8. The largest absolute Gasteiger partial charge is 0.508 e. The quantitative estimate of drug-likeness (QED) is 0.120. The molecule has 3 N–H and O–H groups in total. The van der Waals surface area contributed by atoms with Crippen LogP contribution in [0.4, 0.5) is 11.5 Å². The molecule has 56 heavy (non-hydrogen) atoms. The van der Waals surface area contributed by atoms with Crippen molar-refractivity contribution >= 4 is 85.7 Å². The van der Waals surface area contributed by atoms with Gasteiger partial charge in [-0.05, 0) is 92.1 Å². The van der Waals surface area contributed by atoms with Gasteiger partial charge in [0.15, 0.2) is 0 Å². The zero-order valence-electron chi connectivity index (χ0n) is 30.0. The maximum Gasteiger partial charge on any atom is 0.339 e. The number of aromatic carboxylic acids is 1. The summed E-state index contributed by atoms with van der Waals surface area (Å²) in [6.45, 7) is 3.68. The molecule has 3 fully saturated rings. The average Bonchev–Trinajstić information content (AvgIpc) is 3.82. The number of hydrogen-bond donors (Lipinski definition) is 3. The molecule has 2 aliphatic heterocycles. The molecule has 1 saturated carbocycles. The van der Waals surface area contributed by atoms with Crippen LogP contribution >= 0.6 is 34.5 Å². The van der Waals surface area contributed by atoms with Gasteiger partial charge >= 0.3 is 5.97 Å². The molecule has 5 aromatic rings. The molecule has 2 saturated heterocycles. The zero-order valence-corrected chi connectivity index (χ0v) is 32.3. The number of carboxylic acids is 1. The van der Waals surface area contributed by atoms with Crippen LogP contribution in [-0.4, -0.2) is 54.7 Å². The van der Waals surface area contributed by atoms with E-state index in [2.05, 4.69) is 0 Å². The van der Waals surface area contributed by atoms with Crippen LogP contribution in [-0.2, 0) is 26.2 Å². The summed E-state index contributed by atoms with van der Waals surface area (Å²) in [5.41, 5.74) is 0.662. The van der Waals surface area contributed by atoms with Crippen LogP contribution < -0.4 is 9.80 Å². The highest BCUT2D eigenvalue weighted by atomic mass is 35.5. The number of halogens is 2. The predicted molar refractivity (Wildman–Crippen MR) is 209 cm³/mol. The van der Waals surface area contributed by atoms with E-state index in [-0.39, 0.29) is 35.7 Å². The number of carbonyl (C=O) groups excluding carboxylic acids is 4. The van der Waals surface area contributed by atoms with E-state index in [9.17, 15) is 34.5 Å². The topological polar surface area (TPSA) is 170 Å². The minimum absolute atomic E-state index is 0.0189. The van der Waals surface area contributed by atoms with Gasteiger partial charge < -0.3 is 15.3 Å². The molecule has 2 aliphatic carbocycles. The van der Waals surface area contributed by atoms with Gasteiger partial charge in [0.1, 0.15) is 28.6 Å². The molecule has 4 heterocycles. The molecule has 2 aromatic heterocycles. The monoisotopic (exact) mass is 810 g/mol. The highest BCUT2D eigenvalue weighted by molar-refractivity contribution is 7.22. The number of amides is 4. The lowest BCUT2D eigenvalue weighted by atomic mass is 9.51. The number of fused-ring (bicyclic) bond motifs is 5. The van der Waals surface area contributed by atoms with Crippen molar-refractivity contribution in [1.29, 1.82) is 0 Å². The van der Waals surface area contributed by atoms with E-state index in [1.54, 1.807) is 26.1 Å². The fraction of sp³-hybridized carbons (Fsp3) is 0.268. The van der Waals surface area contributed by atoms with Crippen molar-refractivity contribution in [3.8, 4) is 22.1 Å². The van der Waals surface area contributed by atoms with Gasteiger partial charge in [0.2, 0.25) is 23.6 Å². The fourth-order valence-electron chi connectivity index (χ4n) is 9.64. The molecule has 284 valence electrons. The smallest absolute Gasteiger partial charge is 0.339 e. The van der Waals surface area contributed by atoms with Crippen molar-refractivity contribution < 1.29 is 39.3 Å². The molecule has 0 unspecified atom stereocenters. The second-order valence-corrected chi connectivity index (χ2v) is 17.0. The molecular formula is C41H32Cl2N4O8S. The Balaban J connectivity index is 1.15. The van der Waals surface area contributed by atoms with E-state index < -0.39 is 70.4 Å². The second-order valence-electron chi connectivity index (χ2n) is 15.1. The Bertz CT molecular complexity index is 2670. The molecule has 4 amide bonds. The summed E-state index contributed by atoms with van der Waals surface area (Å²) in [6.07, 6.45) is 2.03. The summed E-state index contributed by atoms with van der Waals surface area (Å²) < 4.78 is 2.51. The molecule has 0 radical (unpaired) electrons. The van der Waals surface area contributed by atoms with E-state index in [1.165, 1.54) is 34.2 Å². The Morgan fingerprint density at radius 3 is 2.36 bits per heavy atom. The lowest BCUT2D eigenvalue weighted by molar-refractivity contribution is -0.131. The Labute approximate surface area is 333 Å². The Morgan fingerprint density at radius 2 is 1.62 bits per heavy atom. The first-order chi connectivity index (χ1) is 26.6. The van der Waals surface area contributed by atoms with E-state index in [1.807, 2.05) is 31.2 Å². The van der Waals surface area contributed by atoms with E-state index in [0.29, 0.717) is 26.9 Å². The molecule has 15 heteroatoms. The molecule has 4 aliphatic rings. The average molecular weight is 812 g/mol. The van der Waals surface area contributed by atoms with Crippen LogP contribution in [0.25, 0.3) is 20.7 Å². The number of benzene rings is 3. The number of allylic oxidation sites excluding steroid dienone is 2. The lowest BCUT2D eigenvalue weighted by Gasteiger charge is -2.49. The van der Waals surface area contributed by atoms with Crippen molar-refractivity contribution in [1.82, 2.24) is 9.78 Å². The first-order valence-corrected chi connectivity index (χ1v) is 19.4. The molecule has 6 atom stereocenters. The number of aryl methyl sites for hydroxylation is 2. The number of nitrogens with zero attached hydrogens (tertiary/aromatic N) is 4. The number of carboxylic acid groups (broad SMARTS) is 1. The fourth-order valence-corrected chi connectivity index (χ4v) is 11.1. The van der Waals surface area contributed by atoms with Crippen LogP contribution in [0.3, 0.4) is 0 Å². The van der Waals surface area contributed by atoms with Gasteiger partial charge in [0.05, 0.1) is 33.7 Å². The number of phenols is 2. The molecule has 3 aromatic carbocycles. The third-order valence-electron chi connectivity index (χ3n) is 12.3. The third kappa shape index (κ3) is 4.96. The summed E-state index contributed by atoms with van der Waals surface area (Å²) in [5, 5.41) is 37.8. The number of rotatable bonds is 5. The Morgan fingerprint density at radius 1 is 0.893 bits per heavy atom. The minimum atomic E-state index is -1.45. The van der Waals surface area contributed by atoms with E-state index in [4.69, 9.17) is 28.3 Å². The molecule has 12 nitrogen and oxygen atoms in total. The second kappa shape index (κ2) is 12.5. The summed E-state index contributed by atoms with van der Waals surface area (Å²) in [5.74, 6) is -8.31. The lowest BCUT2D eigenvalue weighted by Crippen LogP contribution is -2.49. The summed E-state index contributed by atoms with van der Waals surface area (Å²) in [7, 11) is 1.66. The van der Waals surface area contributed by atoms with Crippen LogP contribution in [0.1, 0.15) is 47.2 Å². The number of aromatic nitrogens is 2. The number of phenolic OH excluding ortho intramolecular Hbond substituents is 1. The zero-order chi connectivity index (χ0) is 39.7. The van der Waals surface area contributed by atoms with Crippen molar-refractivity contribution in [3.05, 3.63) is 99.0 Å². The van der Waals surface area contributed by atoms with Gasteiger partial charge in [-0.1, -0.05) is 34.9 Å². The number of imide groups is 2. The van der Waals surface area contributed by atoms with Crippen LogP contribution in [0.2, 0.25) is 10.0 Å². The Hall–Kier alpha value is -5.50. The molecule has 0 bridgehead atoms. The summed E-state index contributed by atoms with van der Waals surface area (Å²) >= 11 is 14.3. The highest BCUT2D eigenvalue weighted by Crippen LogP contribution is 2.64. The molecule has 0 spiro atoms. The van der Waals surface area contributed by atoms with Crippen LogP contribution in [0, 0.1) is 36.0 Å². The summed E-state index contributed by atoms with van der Waals surface area (Å²) in [6, 6.07) is 15.4. The number of anilines is 2. The van der Waals surface area contributed by atoms with Gasteiger partial charge in [0, 0.05) is 45.4 Å². The van der Waals surface area contributed by atoms with Crippen molar-refractivity contribution in [3.63, 3.8) is 0 Å². The molecule has 9 rings (SSSR count). The number of hydrogen-bond acceptors (Lipinski definition) is 9. The third-order valence-corrected chi connectivity index (χ3v) is 14.0. The SMILES string of the molecule is Cc1c(-c2cc(N3C(=O)[C@@H]4C[C@@H]5C(=CC[C@@H]6C(=O)N(c7ccc(C(=O)O)c(O)c7)C(=O)[C@@H]65)[C@H](c5cc(Cl)ccc5O)[C@]4(C)C3=O)n(C)n2)sc2ccc(Cl)cc12. The maximum atomic E-state index is 15.1.